The fourth-order valence-corrected chi connectivity index (χ4v) is 3.71. The van der Waals surface area contributed by atoms with E-state index < -0.39 is 0 Å². The summed E-state index contributed by atoms with van der Waals surface area (Å²) in [4.78, 5) is 4.99. The van der Waals surface area contributed by atoms with Crippen LogP contribution in [0.5, 0.6) is 0 Å². The van der Waals surface area contributed by atoms with Gasteiger partial charge < -0.3 is 15.5 Å². The molecule has 2 saturated heterocycles. The van der Waals surface area contributed by atoms with E-state index in [1.165, 1.54) is 45.3 Å². The summed E-state index contributed by atoms with van der Waals surface area (Å²) in [5.74, 6) is 0.629. The average molecular weight is 291 g/mol. The maximum absolute atomic E-state index is 13.3. The normalized spacial score (nSPS) is 21.1. The highest BCUT2D eigenvalue weighted by Gasteiger charge is 2.23. The van der Waals surface area contributed by atoms with Crippen molar-refractivity contribution in [2.24, 2.45) is 11.7 Å². The Hall–Kier alpha value is -1.13. The molecule has 2 heterocycles. The van der Waals surface area contributed by atoms with Gasteiger partial charge in [0.1, 0.15) is 5.82 Å². The van der Waals surface area contributed by atoms with Gasteiger partial charge in [0.2, 0.25) is 0 Å². The Balaban J connectivity index is 1.57. The van der Waals surface area contributed by atoms with Crippen LogP contribution in [0.25, 0.3) is 0 Å². The van der Waals surface area contributed by atoms with Crippen LogP contribution in [-0.4, -0.2) is 37.6 Å². The lowest BCUT2D eigenvalue weighted by molar-refractivity contribution is 0.249. The second-order valence-electron chi connectivity index (χ2n) is 6.42. The third kappa shape index (κ3) is 3.55. The summed E-state index contributed by atoms with van der Waals surface area (Å²) in [5, 5.41) is 0. The fourth-order valence-electron chi connectivity index (χ4n) is 3.71. The van der Waals surface area contributed by atoms with Crippen molar-refractivity contribution in [3.05, 3.63) is 29.6 Å². The first kappa shape index (κ1) is 14.8. The minimum absolute atomic E-state index is 0.192. The molecule has 2 aliphatic rings. The van der Waals surface area contributed by atoms with Gasteiger partial charge in [0, 0.05) is 31.9 Å². The number of halogens is 1. The minimum atomic E-state index is -0.192. The third-order valence-corrected chi connectivity index (χ3v) is 4.93. The molecule has 1 aromatic rings. The number of anilines is 1. The number of piperidine rings is 1. The molecule has 0 aromatic heterocycles. The van der Waals surface area contributed by atoms with Crippen LogP contribution in [0.1, 0.15) is 31.2 Å². The van der Waals surface area contributed by atoms with Crippen molar-refractivity contribution in [3.8, 4) is 0 Å². The Morgan fingerprint density at radius 2 is 1.81 bits per heavy atom. The second-order valence-corrected chi connectivity index (χ2v) is 6.42. The topological polar surface area (TPSA) is 32.5 Å². The Kier molecular flexibility index (Phi) is 4.76. The quantitative estimate of drug-likeness (QED) is 0.925. The monoisotopic (exact) mass is 291 g/mol. The van der Waals surface area contributed by atoms with Crippen molar-refractivity contribution in [3.63, 3.8) is 0 Å². The Bertz CT molecular complexity index is 463. The van der Waals surface area contributed by atoms with E-state index in [1.807, 2.05) is 6.07 Å². The summed E-state index contributed by atoms with van der Waals surface area (Å²) in [5.41, 5.74) is 7.81. The summed E-state index contributed by atoms with van der Waals surface area (Å²) >= 11 is 0. The number of nitrogens with two attached hydrogens (primary N) is 1. The van der Waals surface area contributed by atoms with E-state index in [1.54, 1.807) is 12.1 Å². The Labute approximate surface area is 126 Å². The maximum atomic E-state index is 13.3. The van der Waals surface area contributed by atoms with Crippen LogP contribution in [0.15, 0.2) is 18.2 Å². The van der Waals surface area contributed by atoms with Crippen LogP contribution < -0.4 is 10.6 Å². The molecule has 1 aromatic carbocycles. The summed E-state index contributed by atoms with van der Waals surface area (Å²) in [7, 11) is 0. The highest BCUT2D eigenvalue weighted by Crippen LogP contribution is 2.27. The molecule has 0 saturated carbocycles. The van der Waals surface area contributed by atoms with Crippen LogP contribution in [0.2, 0.25) is 0 Å². The number of nitrogens with zero attached hydrogens (tertiary/aromatic N) is 2. The summed E-state index contributed by atoms with van der Waals surface area (Å²) in [6, 6.07) is 5.01. The van der Waals surface area contributed by atoms with Crippen molar-refractivity contribution >= 4 is 5.69 Å². The number of benzene rings is 1. The zero-order valence-electron chi connectivity index (χ0n) is 12.7. The van der Waals surface area contributed by atoms with Gasteiger partial charge in [-0.15, -0.1) is 0 Å². The van der Waals surface area contributed by atoms with Gasteiger partial charge in [-0.1, -0.05) is 0 Å². The Morgan fingerprint density at radius 3 is 2.48 bits per heavy atom. The number of hydrogen-bond donors (Lipinski definition) is 1. The van der Waals surface area contributed by atoms with Gasteiger partial charge in [0.05, 0.1) is 0 Å². The fraction of sp³-hybridized carbons (Fsp3) is 0.647. The molecule has 3 rings (SSSR count). The molecule has 2 aliphatic heterocycles. The predicted molar refractivity (Wildman–Crippen MR) is 84.9 cm³/mol. The van der Waals surface area contributed by atoms with Crippen molar-refractivity contribution in [2.75, 3.05) is 37.6 Å². The van der Waals surface area contributed by atoms with Crippen LogP contribution in [0, 0.1) is 11.7 Å². The number of hydrogen-bond acceptors (Lipinski definition) is 3. The molecule has 3 nitrogen and oxygen atoms in total. The van der Waals surface area contributed by atoms with E-state index in [-0.39, 0.29) is 5.82 Å². The van der Waals surface area contributed by atoms with Crippen LogP contribution >= 0.6 is 0 Å². The molecule has 0 aliphatic carbocycles. The summed E-state index contributed by atoms with van der Waals surface area (Å²) < 4.78 is 13.3. The highest BCUT2D eigenvalue weighted by atomic mass is 19.1. The standard InChI is InChI=1S/C17H26FN3/c18-16-3-4-17(15(11-16)12-19)21-9-5-14(6-10-21)13-20-7-1-2-8-20/h3-4,11,14H,1-2,5-10,12-13,19H2. The first-order valence-electron chi connectivity index (χ1n) is 8.22. The largest absolute Gasteiger partial charge is 0.371 e. The van der Waals surface area contributed by atoms with Crippen LogP contribution in [0.4, 0.5) is 10.1 Å². The maximum Gasteiger partial charge on any atom is 0.123 e. The van der Waals surface area contributed by atoms with Gasteiger partial charge >= 0.3 is 0 Å². The smallest absolute Gasteiger partial charge is 0.123 e. The van der Waals surface area contributed by atoms with Crippen molar-refractivity contribution in [2.45, 2.75) is 32.2 Å². The molecule has 0 amide bonds. The van der Waals surface area contributed by atoms with Gasteiger partial charge in [0.25, 0.3) is 0 Å². The van der Waals surface area contributed by atoms with Gasteiger partial charge in [0.15, 0.2) is 0 Å². The molecule has 0 unspecified atom stereocenters. The lowest BCUT2D eigenvalue weighted by Gasteiger charge is -2.36. The lowest BCUT2D eigenvalue weighted by atomic mass is 9.95. The first-order valence-corrected chi connectivity index (χ1v) is 8.22. The molecule has 0 radical (unpaired) electrons. The molecule has 0 bridgehead atoms. The summed E-state index contributed by atoms with van der Waals surface area (Å²) in [6.07, 6.45) is 5.21. The highest BCUT2D eigenvalue weighted by molar-refractivity contribution is 5.54. The van der Waals surface area contributed by atoms with Crippen molar-refractivity contribution in [1.29, 1.82) is 0 Å². The van der Waals surface area contributed by atoms with Gasteiger partial charge in [-0.2, -0.15) is 0 Å². The average Bonchev–Trinajstić information content (AvgIpc) is 3.01. The minimum Gasteiger partial charge on any atom is -0.371 e. The molecule has 0 spiro atoms. The first-order chi connectivity index (χ1) is 10.3. The van der Waals surface area contributed by atoms with E-state index in [9.17, 15) is 4.39 Å². The molecule has 2 N–H and O–H groups in total. The second kappa shape index (κ2) is 6.75. The molecule has 0 atom stereocenters. The zero-order valence-corrected chi connectivity index (χ0v) is 12.7. The van der Waals surface area contributed by atoms with E-state index in [2.05, 4.69) is 9.80 Å². The predicted octanol–water partition coefficient (Wildman–Crippen LogP) is 2.60. The van der Waals surface area contributed by atoms with E-state index in [0.717, 1.165) is 30.3 Å². The van der Waals surface area contributed by atoms with Crippen LogP contribution in [-0.2, 0) is 6.54 Å². The molecule has 2 fully saturated rings. The molecular weight excluding hydrogens is 265 g/mol. The van der Waals surface area contributed by atoms with Gasteiger partial charge in [-0.3, -0.25) is 0 Å². The number of likely N-dealkylation sites (tertiary alicyclic amines) is 1. The van der Waals surface area contributed by atoms with E-state index in [4.69, 9.17) is 5.73 Å². The van der Waals surface area contributed by atoms with Crippen molar-refractivity contribution < 1.29 is 4.39 Å². The zero-order chi connectivity index (χ0) is 14.7. The SMILES string of the molecule is NCc1cc(F)ccc1N1CCC(CN2CCCC2)CC1. The molecule has 116 valence electrons. The van der Waals surface area contributed by atoms with Gasteiger partial charge in [-0.25, -0.2) is 4.39 Å². The number of rotatable bonds is 4. The molecular formula is C17H26FN3. The van der Waals surface area contributed by atoms with Crippen LogP contribution in [0.3, 0.4) is 0 Å². The Morgan fingerprint density at radius 1 is 1.10 bits per heavy atom. The lowest BCUT2D eigenvalue weighted by Crippen LogP contribution is -2.38. The van der Waals surface area contributed by atoms with Gasteiger partial charge in [-0.05, 0) is 68.5 Å². The molecule has 4 heteroatoms. The molecule has 21 heavy (non-hydrogen) atoms. The summed E-state index contributed by atoms with van der Waals surface area (Å²) in [6.45, 7) is 6.38. The van der Waals surface area contributed by atoms with E-state index >= 15 is 0 Å². The van der Waals surface area contributed by atoms with E-state index in [0.29, 0.717) is 6.54 Å². The third-order valence-electron chi connectivity index (χ3n) is 4.93. The van der Waals surface area contributed by atoms with Crippen molar-refractivity contribution in [1.82, 2.24) is 4.90 Å².